The second-order valence-electron chi connectivity index (χ2n) is 6.30. The van der Waals surface area contributed by atoms with E-state index in [4.69, 9.17) is 0 Å². The number of rotatable bonds is 5. The van der Waals surface area contributed by atoms with Crippen LogP contribution in [0.1, 0.15) is 16.7 Å². The zero-order valence-electron chi connectivity index (χ0n) is 14.4. The number of nitrogens with zero attached hydrogens (tertiary/aromatic N) is 4. The van der Waals surface area contributed by atoms with Gasteiger partial charge in [0, 0.05) is 30.4 Å². The average molecular weight is 347 g/mol. The molecule has 0 saturated heterocycles. The van der Waals surface area contributed by atoms with Crippen molar-refractivity contribution in [1.82, 2.24) is 25.4 Å². The maximum atomic E-state index is 13.3. The number of aryl methyl sites for hydroxylation is 1. The van der Waals surface area contributed by atoms with Crippen LogP contribution in [0.3, 0.4) is 0 Å². The van der Waals surface area contributed by atoms with Crippen molar-refractivity contribution < 1.29 is 4.39 Å². The number of aromatic nitrogens is 4. The Balaban J connectivity index is 1.60. The van der Waals surface area contributed by atoms with Gasteiger partial charge < -0.3 is 5.32 Å². The Morgan fingerprint density at radius 2 is 1.88 bits per heavy atom. The minimum atomic E-state index is -0.227. The zero-order valence-corrected chi connectivity index (χ0v) is 14.4. The molecule has 130 valence electrons. The number of nitrogens with one attached hydrogen (secondary N) is 1. The molecule has 0 radical (unpaired) electrons. The molecule has 4 rings (SSSR count). The van der Waals surface area contributed by atoms with Gasteiger partial charge in [0.15, 0.2) is 5.65 Å². The second-order valence-corrected chi connectivity index (χ2v) is 6.30. The van der Waals surface area contributed by atoms with Crippen molar-refractivity contribution >= 4 is 5.65 Å². The molecule has 0 aliphatic carbocycles. The molecule has 2 aromatic heterocycles. The van der Waals surface area contributed by atoms with E-state index >= 15 is 0 Å². The molecule has 0 saturated carbocycles. The third kappa shape index (κ3) is 3.45. The molecule has 2 heterocycles. The number of benzene rings is 2. The molecule has 6 heteroatoms. The highest BCUT2D eigenvalue weighted by molar-refractivity contribution is 5.67. The summed E-state index contributed by atoms with van der Waals surface area (Å²) in [4.78, 5) is 0. The lowest BCUT2D eigenvalue weighted by Gasteiger charge is -2.09. The van der Waals surface area contributed by atoms with Crippen LogP contribution in [0.5, 0.6) is 0 Å². The summed E-state index contributed by atoms with van der Waals surface area (Å²) in [5.41, 5.74) is 5.98. The van der Waals surface area contributed by atoms with Gasteiger partial charge in [0.25, 0.3) is 0 Å². The number of fused-ring (bicyclic) bond motifs is 1. The monoisotopic (exact) mass is 347 g/mol. The molecule has 5 nitrogen and oxygen atoms in total. The maximum absolute atomic E-state index is 13.3. The van der Waals surface area contributed by atoms with Crippen LogP contribution < -0.4 is 5.32 Å². The second kappa shape index (κ2) is 7.01. The van der Waals surface area contributed by atoms with Crippen molar-refractivity contribution in [2.45, 2.75) is 20.0 Å². The van der Waals surface area contributed by atoms with Crippen LogP contribution in [0.2, 0.25) is 0 Å². The largest absolute Gasteiger partial charge is 0.308 e. The molecule has 0 amide bonds. The van der Waals surface area contributed by atoms with Gasteiger partial charge in [0.1, 0.15) is 5.82 Å². The van der Waals surface area contributed by atoms with Gasteiger partial charge in [0.2, 0.25) is 0 Å². The lowest BCUT2D eigenvalue weighted by atomic mass is 10.0. The summed E-state index contributed by atoms with van der Waals surface area (Å²) in [6.07, 6.45) is 1.93. The summed E-state index contributed by atoms with van der Waals surface area (Å²) in [6, 6.07) is 17.0. The lowest BCUT2D eigenvalue weighted by Crippen LogP contribution is -2.14. The predicted octanol–water partition coefficient (Wildman–Crippen LogP) is 3.53. The van der Waals surface area contributed by atoms with Crippen molar-refractivity contribution in [2.24, 2.45) is 0 Å². The molecule has 0 spiro atoms. The number of hydrogen-bond acceptors (Lipinski definition) is 4. The molecular formula is C20H18FN5. The van der Waals surface area contributed by atoms with Crippen LogP contribution in [0.15, 0.2) is 60.8 Å². The van der Waals surface area contributed by atoms with Crippen LogP contribution in [-0.4, -0.2) is 20.0 Å². The quantitative estimate of drug-likeness (QED) is 0.600. The highest BCUT2D eigenvalue weighted by atomic mass is 19.1. The van der Waals surface area contributed by atoms with Crippen molar-refractivity contribution in [3.8, 4) is 11.1 Å². The van der Waals surface area contributed by atoms with E-state index in [-0.39, 0.29) is 5.82 Å². The first-order chi connectivity index (χ1) is 12.7. The summed E-state index contributed by atoms with van der Waals surface area (Å²) in [6.45, 7) is 3.22. The molecule has 0 fully saturated rings. The Labute approximate surface area is 150 Å². The van der Waals surface area contributed by atoms with Crippen LogP contribution in [0, 0.1) is 12.7 Å². The molecule has 2 aromatic carbocycles. The highest BCUT2D eigenvalue weighted by Gasteiger charge is 2.09. The van der Waals surface area contributed by atoms with Crippen molar-refractivity contribution in [2.75, 3.05) is 0 Å². The molecule has 0 atom stereocenters. The van der Waals surface area contributed by atoms with E-state index in [2.05, 4.69) is 52.0 Å². The Hall–Kier alpha value is -3.12. The summed E-state index contributed by atoms with van der Waals surface area (Å²) in [5, 5.41) is 15.3. The first kappa shape index (κ1) is 16.4. The molecule has 0 unspecified atom stereocenters. The van der Waals surface area contributed by atoms with Gasteiger partial charge in [-0.15, -0.1) is 5.10 Å². The van der Waals surface area contributed by atoms with E-state index < -0.39 is 0 Å². The topological polar surface area (TPSA) is 55.1 Å². The van der Waals surface area contributed by atoms with E-state index in [9.17, 15) is 4.39 Å². The Morgan fingerprint density at radius 3 is 2.73 bits per heavy atom. The van der Waals surface area contributed by atoms with E-state index in [1.807, 2.05) is 18.3 Å². The summed E-state index contributed by atoms with van der Waals surface area (Å²) in [5.74, 6) is -0.227. The molecule has 4 aromatic rings. The van der Waals surface area contributed by atoms with Crippen LogP contribution in [0.25, 0.3) is 16.8 Å². The highest BCUT2D eigenvalue weighted by Crippen LogP contribution is 2.23. The molecule has 1 N–H and O–H groups in total. The minimum absolute atomic E-state index is 0.227. The average Bonchev–Trinajstić information content (AvgIpc) is 3.10. The Kier molecular flexibility index (Phi) is 4.41. The van der Waals surface area contributed by atoms with Gasteiger partial charge in [-0.1, -0.05) is 42.0 Å². The summed E-state index contributed by atoms with van der Waals surface area (Å²) >= 11 is 0. The smallest absolute Gasteiger partial charge is 0.183 e. The molecule has 0 aliphatic rings. The van der Waals surface area contributed by atoms with Crippen LogP contribution >= 0.6 is 0 Å². The lowest BCUT2D eigenvalue weighted by molar-refractivity contribution is 0.620. The van der Waals surface area contributed by atoms with Gasteiger partial charge in [-0.3, -0.25) is 0 Å². The molecular weight excluding hydrogens is 329 g/mol. The van der Waals surface area contributed by atoms with E-state index in [0.29, 0.717) is 18.7 Å². The maximum Gasteiger partial charge on any atom is 0.183 e. The SMILES string of the molecule is Cc1cccc(-c2cc(CNCc3cccc(F)c3)c3nnnn3c2)c1. The standard InChI is InChI=1S/C20H18FN5/c1-14-4-2-6-16(8-14)18-10-17(20-23-24-25-26(20)13-18)12-22-11-15-5-3-7-19(21)9-15/h2-10,13,22H,11-12H2,1H3. The fourth-order valence-corrected chi connectivity index (χ4v) is 3.01. The van der Waals surface area contributed by atoms with Gasteiger partial charge >= 0.3 is 0 Å². The van der Waals surface area contributed by atoms with E-state index in [0.717, 1.165) is 22.3 Å². The fraction of sp³-hybridized carbons (Fsp3) is 0.150. The first-order valence-corrected chi connectivity index (χ1v) is 8.42. The molecule has 0 bridgehead atoms. The van der Waals surface area contributed by atoms with E-state index in [1.54, 1.807) is 10.6 Å². The third-order valence-corrected chi connectivity index (χ3v) is 4.26. The fourth-order valence-electron chi connectivity index (χ4n) is 3.01. The minimum Gasteiger partial charge on any atom is -0.308 e. The molecule has 26 heavy (non-hydrogen) atoms. The van der Waals surface area contributed by atoms with Crippen molar-refractivity contribution in [3.63, 3.8) is 0 Å². The zero-order chi connectivity index (χ0) is 17.9. The summed E-state index contributed by atoms with van der Waals surface area (Å²) in [7, 11) is 0. The normalized spacial score (nSPS) is 11.2. The number of halogens is 1. The van der Waals surface area contributed by atoms with Gasteiger partial charge in [-0.2, -0.15) is 4.52 Å². The first-order valence-electron chi connectivity index (χ1n) is 8.42. The van der Waals surface area contributed by atoms with E-state index in [1.165, 1.54) is 17.7 Å². The number of tetrazole rings is 1. The Morgan fingerprint density at radius 1 is 1.00 bits per heavy atom. The summed E-state index contributed by atoms with van der Waals surface area (Å²) < 4.78 is 15.0. The van der Waals surface area contributed by atoms with Gasteiger partial charge in [0.05, 0.1) is 0 Å². The Bertz CT molecular complexity index is 1060. The number of pyridine rings is 1. The third-order valence-electron chi connectivity index (χ3n) is 4.26. The number of hydrogen-bond donors (Lipinski definition) is 1. The van der Waals surface area contributed by atoms with Crippen LogP contribution in [0.4, 0.5) is 4.39 Å². The molecule has 0 aliphatic heterocycles. The van der Waals surface area contributed by atoms with Gasteiger partial charge in [-0.25, -0.2) is 4.39 Å². The van der Waals surface area contributed by atoms with Crippen molar-refractivity contribution in [3.05, 3.63) is 83.3 Å². The van der Waals surface area contributed by atoms with Gasteiger partial charge in [-0.05, 0) is 46.7 Å². The predicted molar refractivity (Wildman–Crippen MR) is 97.9 cm³/mol. The van der Waals surface area contributed by atoms with Crippen molar-refractivity contribution in [1.29, 1.82) is 0 Å². The van der Waals surface area contributed by atoms with Crippen LogP contribution in [-0.2, 0) is 13.1 Å².